The van der Waals surface area contributed by atoms with E-state index in [0.29, 0.717) is 22.7 Å². The quantitative estimate of drug-likeness (QED) is 0.318. The maximum atomic E-state index is 11.5. The maximum absolute atomic E-state index is 11.5. The van der Waals surface area contributed by atoms with Gasteiger partial charge in [0.25, 0.3) is 0 Å². The molecule has 0 aliphatic heterocycles. The van der Waals surface area contributed by atoms with Crippen molar-refractivity contribution in [1.29, 1.82) is 0 Å². The van der Waals surface area contributed by atoms with Gasteiger partial charge in [-0.1, -0.05) is 64.8 Å². The van der Waals surface area contributed by atoms with E-state index in [4.69, 9.17) is 4.74 Å². The zero-order chi connectivity index (χ0) is 23.3. The number of fused-ring (bicyclic) bond motifs is 4. The number of carbonyl (C=O) groups is 1. The number of hydrogen-bond donors (Lipinski definition) is 0. The van der Waals surface area contributed by atoms with Crippen LogP contribution in [0.25, 0.3) is 0 Å². The molecule has 0 aromatic rings. The molecule has 0 N–H and O–H groups in total. The summed E-state index contributed by atoms with van der Waals surface area (Å²) in [5.74, 6) is 4.24. The van der Waals surface area contributed by atoms with Crippen molar-refractivity contribution in [1.82, 2.24) is 0 Å². The highest BCUT2D eigenvalue weighted by Crippen LogP contribution is 2.65. The number of rotatable bonds is 5. The summed E-state index contributed by atoms with van der Waals surface area (Å²) < 4.78 is 5.64. The van der Waals surface area contributed by atoms with E-state index in [0.717, 1.165) is 36.5 Å². The van der Waals surface area contributed by atoms with Crippen LogP contribution in [0.5, 0.6) is 0 Å². The van der Waals surface area contributed by atoms with Crippen molar-refractivity contribution in [3.05, 3.63) is 23.3 Å². The largest absolute Gasteiger partial charge is 0.463 e. The normalized spacial score (nSPS) is 41.2. The standard InChI is InChI=1S/C30H48O2/c1-19(2)20(3)8-9-21(4)26-12-13-27-25-11-10-23-18-24(32-22(5)31)14-16-29(23,6)28(25)15-17-30(26,27)7/h8-9,19-21,23-24,26,28H,10-18H2,1-7H3/t20-,21+,23?,24?,26+,28-,29-,30+/m0/s1. The molecule has 0 aromatic carbocycles. The van der Waals surface area contributed by atoms with E-state index in [2.05, 4.69) is 53.7 Å². The molecule has 0 amide bonds. The fourth-order valence-electron chi connectivity index (χ4n) is 8.38. The van der Waals surface area contributed by atoms with Gasteiger partial charge in [0.15, 0.2) is 0 Å². The molecule has 8 atom stereocenters. The average molecular weight is 441 g/mol. The van der Waals surface area contributed by atoms with Gasteiger partial charge >= 0.3 is 5.97 Å². The van der Waals surface area contributed by atoms with Crippen LogP contribution in [0.4, 0.5) is 0 Å². The summed E-state index contributed by atoms with van der Waals surface area (Å²) in [6, 6.07) is 0. The lowest BCUT2D eigenvalue weighted by Crippen LogP contribution is -2.48. The van der Waals surface area contributed by atoms with Crippen molar-refractivity contribution < 1.29 is 9.53 Å². The molecule has 2 heteroatoms. The van der Waals surface area contributed by atoms with Crippen molar-refractivity contribution >= 4 is 5.97 Å². The molecule has 4 aliphatic rings. The van der Waals surface area contributed by atoms with Crippen LogP contribution in [0.2, 0.25) is 0 Å². The third kappa shape index (κ3) is 4.14. The van der Waals surface area contributed by atoms with Gasteiger partial charge in [-0.3, -0.25) is 4.79 Å². The van der Waals surface area contributed by atoms with Gasteiger partial charge < -0.3 is 4.74 Å². The number of hydrogen-bond acceptors (Lipinski definition) is 2. The summed E-state index contributed by atoms with van der Waals surface area (Å²) in [4.78, 5) is 11.5. The van der Waals surface area contributed by atoms with E-state index in [9.17, 15) is 4.79 Å². The van der Waals surface area contributed by atoms with Gasteiger partial charge in [0, 0.05) is 6.92 Å². The van der Waals surface area contributed by atoms with Crippen LogP contribution < -0.4 is 0 Å². The van der Waals surface area contributed by atoms with E-state index in [1.807, 2.05) is 11.1 Å². The highest BCUT2D eigenvalue weighted by atomic mass is 16.5. The van der Waals surface area contributed by atoms with Gasteiger partial charge in [-0.2, -0.15) is 0 Å². The Hall–Kier alpha value is -1.05. The van der Waals surface area contributed by atoms with Crippen LogP contribution >= 0.6 is 0 Å². The molecule has 4 rings (SSSR count). The van der Waals surface area contributed by atoms with Crippen LogP contribution in [0, 0.1) is 46.3 Å². The molecule has 4 aliphatic carbocycles. The van der Waals surface area contributed by atoms with Crippen LogP contribution in [-0.2, 0) is 9.53 Å². The third-order valence-corrected chi connectivity index (χ3v) is 10.8. The van der Waals surface area contributed by atoms with Crippen LogP contribution in [0.3, 0.4) is 0 Å². The first kappa shape index (κ1) is 24.1. The predicted octanol–water partition coefficient (Wildman–Crippen LogP) is 8.13. The fraction of sp³-hybridized carbons (Fsp3) is 0.833. The molecule has 32 heavy (non-hydrogen) atoms. The van der Waals surface area contributed by atoms with Gasteiger partial charge in [-0.15, -0.1) is 0 Å². The van der Waals surface area contributed by atoms with Gasteiger partial charge in [0.2, 0.25) is 0 Å². The van der Waals surface area contributed by atoms with Crippen molar-refractivity contribution in [3.8, 4) is 0 Å². The Morgan fingerprint density at radius 1 is 1.00 bits per heavy atom. The van der Waals surface area contributed by atoms with Gasteiger partial charge in [0.05, 0.1) is 0 Å². The lowest BCUT2D eigenvalue weighted by atomic mass is 9.49. The predicted molar refractivity (Wildman–Crippen MR) is 133 cm³/mol. The molecule has 0 aromatic heterocycles. The van der Waals surface area contributed by atoms with E-state index >= 15 is 0 Å². The molecule has 2 unspecified atom stereocenters. The second-order valence-corrected chi connectivity index (χ2v) is 12.8. The Bertz CT molecular complexity index is 776. The Labute approximate surface area is 197 Å². The Morgan fingerprint density at radius 3 is 2.44 bits per heavy atom. The van der Waals surface area contributed by atoms with Crippen molar-refractivity contribution in [2.45, 2.75) is 112 Å². The molecule has 0 spiro atoms. The molecule has 0 bridgehead atoms. The highest BCUT2D eigenvalue weighted by molar-refractivity contribution is 5.66. The Morgan fingerprint density at radius 2 is 1.75 bits per heavy atom. The molecular weight excluding hydrogens is 392 g/mol. The molecule has 0 heterocycles. The minimum Gasteiger partial charge on any atom is -0.463 e. The van der Waals surface area contributed by atoms with Gasteiger partial charge in [-0.25, -0.2) is 0 Å². The number of allylic oxidation sites excluding steroid dienone is 4. The van der Waals surface area contributed by atoms with E-state index in [1.54, 1.807) is 6.92 Å². The number of ether oxygens (including phenoxy) is 1. The first-order chi connectivity index (χ1) is 15.1. The molecule has 3 saturated carbocycles. The minimum atomic E-state index is -0.103. The summed E-state index contributed by atoms with van der Waals surface area (Å²) >= 11 is 0. The summed E-state index contributed by atoms with van der Waals surface area (Å²) in [5.41, 5.74) is 4.57. The molecule has 0 radical (unpaired) electrons. The molecule has 2 nitrogen and oxygen atoms in total. The number of esters is 1. The first-order valence-electron chi connectivity index (χ1n) is 13.6. The van der Waals surface area contributed by atoms with Crippen LogP contribution in [0.1, 0.15) is 106 Å². The second-order valence-electron chi connectivity index (χ2n) is 12.8. The fourth-order valence-corrected chi connectivity index (χ4v) is 8.38. The van der Waals surface area contributed by atoms with E-state index in [1.165, 1.54) is 44.9 Å². The topological polar surface area (TPSA) is 26.3 Å². The smallest absolute Gasteiger partial charge is 0.302 e. The zero-order valence-corrected chi connectivity index (χ0v) is 21.9. The summed E-state index contributed by atoms with van der Waals surface area (Å²) in [6.07, 6.45) is 16.6. The lowest BCUT2D eigenvalue weighted by Gasteiger charge is -2.57. The van der Waals surface area contributed by atoms with Crippen molar-refractivity contribution in [3.63, 3.8) is 0 Å². The van der Waals surface area contributed by atoms with Crippen LogP contribution in [0.15, 0.2) is 23.3 Å². The van der Waals surface area contributed by atoms with E-state index < -0.39 is 0 Å². The third-order valence-electron chi connectivity index (χ3n) is 10.8. The average Bonchev–Trinajstić information content (AvgIpc) is 3.08. The molecule has 0 saturated heterocycles. The first-order valence-corrected chi connectivity index (χ1v) is 13.6. The van der Waals surface area contributed by atoms with Gasteiger partial charge in [-0.05, 0) is 104 Å². The maximum Gasteiger partial charge on any atom is 0.302 e. The molecular formula is C30H48O2. The van der Waals surface area contributed by atoms with Gasteiger partial charge in [0.1, 0.15) is 6.10 Å². The summed E-state index contributed by atoms with van der Waals surface area (Å²) in [7, 11) is 0. The van der Waals surface area contributed by atoms with Crippen molar-refractivity contribution in [2.24, 2.45) is 46.3 Å². The zero-order valence-electron chi connectivity index (χ0n) is 21.9. The number of carbonyl (C=O) groups excluding carboxylic acids is 1. The van der Waals surface area contributed by atoms with E-state index in [-0.39, 0.29) is 12.1 Å². The second kappa shape index (κ2) is 8.95. The Balaban J connectivity index is 1.53. The monoisotopic (exact) mass is 440 g/mol. The Kier molecular flexibility index (Phi) is 6.74. The summed E-state index contributed by atoms with van der Waals surface area (Å²) in [6.45, 7) is 16.3. The summed E-state index contributed by atoms with van der Waals surface area (Å²) in [5, 5.41) is 0. The molecule has 180 valence electrons. The van der Waals surface area contributed by atoms with Crippen molar-refractivity contribution in [2.75, 3.05) is 0 Å². The SMILES string of the molecule is CC(=O)OC1CC[C@@]2(C)C(CCC3=C4CC[C@H]([C@H](C)C=C[C@H](C)C(C)C)[C@@]4(C)CC[C@@H]32)C1. The highest BCUT2D eigenvalue weighted by Gasteiger charge is 2.55. The molecule has 3 fully saturated rings. The lowest BCUT2D eigenvalue weighted by molar-refractivity contribution is -0.152. The minimum absolute atomic E-state index is 0.103. The van der Waals surface area contributed by atoms with Crippen LogP contribution in [-0.4, -0.2) is 12.1 Å².